The fourth-order valence-electron chi connectivity index (χ4n) is 2.87. The van der Waals surface area contributed by atoms with Crippen LogP contribution in [0.2, 0.25) is 10.0 Å². The van der Waals surface area contributed by atoms with Gasteiger partial charge in [-0.05, 0) is 31.0 Å². The van der Waals surface area contributed by atoms with Gasteiger partial charge in [-0.15, -0.1) is 0 Å². The van der Waals surface area contributed by atoms with E-state index in [1.807, 2.05) is 0 Å². The number of aromatic nitrogens is 1. The molecule has 1 aliphatic rings. The highest BCUT2D eigenvalue weighted by Gasteiger charge is 2.34. The van der Waals surface area contributed by atoms with Gasteiger partial charge in [0.25, 0.3) is 11.7 Å². The number of amides is 1. The molecule has 0 aliphatic carbocycles. The van der Waals surface area contributed by atoms with E-state index in [9.17, 15) is 18.8 Å². The zero-order chi connectivity index (χ0) is 18.3. The molecule has 3 rings (SSSR count). The van der Waals surface area contributed by atoms with Crippen LogP contribution < -0.4 is 5.32 Å². The zero-order valence-corrected chi connectivity index (χ0v) is 14.1. The number of rotatable bonds is 4. The molecule has 0 atom stereocenters. The van der Waals surface area contributed by atoms with Crippen LogP contribution in [0.1, 0.15) is 33.0 Å². The highest BCUT2D eigenvalue weighted by atomic mass is 35.5. The standard InChI is InChI=1S/C16H11Cl2FN2O4/c17-8-6-7(3-4-9(8)19)20-15(23)13-12(18)11(14(22)16(24)25)10-2-1-5-21(10)13/h3-4,6H,1-2,5H2,(H,20,23)(H,24,25). The lowest BCUT2D eigenvalue weighted by Gasteiger charge is -2.09. The predicted molar refractivity (Wildman–Crippen MR) is 89.1 cm³/mol. The third kappa shape index (κ3) is 3.01. The normalized spacial score (nSPS) is 12.8. The minimum Gasteiger partial charge on any atom is -0.475 e. The second-order valence-electron chi connectivity index (χ2n) is 5.46. The number of carbonyl (C=O) groups excluding carboxylic acids is 2. The van der Waals surface area contributed by atoms with Gasteiger partial charge in [-0.25, -0.2) is 9.18 Å². The first-order valence-electron chi connectivity index (χ1n) is 7.26. The van der Waals surface area contributed by atoms with Crippen molar-refractivity contribution < 1.29 is 23.9 Å². The number of carboxylic acids is 1. The zero-order valence-electron chi connectivity index (χ0n) is 12.6. The molecule has 0 spiro atoms. The van der Waals surface area contributed by atoms with E-state index in [1.165, 1.54) is 12.1 Å². The molecule has 2 aromatic rings. The quantitative estimate of drug-likeness (QED) is 0.624. The molecule has 2 heterocycles. The number of ketones is 1. The van der Waals surface area contributed by atoms with Crippen molar-refractivity contribution in [3.63, 3.8) is 0 Å². The van der Waals surface area contributed by atoms with Crippen molar-refractivity contribution in [2.75, 3.05) is 5.32 Å². The van der Waals surface area contributed by atoms with Crippen LogP contribution in [0.4, 0.5) is 10.1 Å². The largest absolute Gasteiger partial charge is 0.475 e. The van der Waals surface area contributed by atoms with E-state index in [0.717, 1.165) is 6.07 Å². The van der Waals surface area contributed by atoms with Crippen molar-refractivity contribution in [1.29, 1.82) is 0 Å². The van der Waals surface area contributed by atoms with Gasteiger partial charge < -0.3 is 15.0 Å². The van der Waals surface area contributed by atoms with Crippen molar-refractivity contribution in [3.8, 4) is 0 Å². The summed E-state index contributed by atoms with van der Waals surface area (Å²) in [6.07, 6.45) is 1.11. The van der Waals surface area contributed by atoms with Gasteiger partial charge in [-0.2, -0.15) is 0 Å². The molecule has 130 valence electrons. The van der Waals surface area contributed by atoms with Gasteiger partial charge in [0, 0.05) is 17.9 Å². The Hall–Kier alpha value is -2.38. The Labute approximate surface area is 151 Å². The highest BCUT2D eigenvalue weighted by molar-refractivity contribution is 6.46. The summed E-state index contributed by atoms with van der Waals surface area (Å²) >= 11 is 11.8. The monoisotopic (exact) mass is 384 g/mol. The lowest BCUT2D eigenvalue weighted by molar-refractivity contribution is -0.131. The number of carboxylic acid groups (broad SMARTS) is 1. The fraction of sp³-hybridized carbons (Fsp3) is 0.188. The molecule has 1 aliphatic heterocycles. The number of halogens is 3. The number of Topliss-reactive ketones (excluding diaryl/α,β-unsaturated/α-hetero) is 1. The molecular formula is C16H11Cl2FN2O4. The summed E-state index contributed by atoms with van der Waals surface area (Å²) in [6, 6.07) is 3.66. The molecule has 1 aromatic carbocycles. The maximum atomic E-state index is 13.2. The molecule has 6 nitrogen and oxygen atoms in total. The molecule has 0 unspecified atom stereocenters. The van der Waals surface area contributed by atoms with Crippen LogP contribution in [0.3, 0.4) is 0 Å². The van der Waals surface area contributed by atoms with Crippen LogP contribution in [0.5, 0.6) is 0 Å². The summed E-state index contributed by atoms with van der Waals surface area (Å²) in [5.41, 5.74) is 0.514. The summed E-state index contributed by atoms with van der Waals surface area (Å²) in [7, 11) is 0. The SMILES string of the molecule is O=C(O)C(=O)c1c(Cl)c(C(=O)Nc2ccc(F)c(Cl)c2)n2c1CCC2. The maximum Gasteiger partial charge on any atom is 0.377 e. The number of nitrogens with one attached hydrogen (secondary N) is 1. The van der Waals surface area contributed by atoms with Gasteiger partial charge in [-0.1, -0.05) is 23.2 Å². The van der Waals surface area contributed by atoms with Gasteiger partial charge in [0.05, 0.1) is 15.6 Å². The van der Waals surface area contributed by atoms with E-state index in [2.05, 4.69) is 5.32 Å². The van der Waals surface area contributed by atoms with Crippen LogP contribution in [0.25, 0.3) is 0 Å². The van der Waals surface area contributed by atoms with Crippen LogP contribution >= 0.6 is 23.2 Å². The Morgan fingerprint density at radius 3 is 2.60 bits per heavy atom. The van der Waals surface area contributed by atoms with Crippen molar-refractivity contribution >= 4 is 46.5 Å². The highest BCUT2D eigenvalue weighted by Crippen LogP contribution is 2.34. The van der Waals surface area contributed by atoms with E-state index in [4.69, 9.17) is 28.3 Å². The number of aliphatic carboxylic acids is 1. The average Bonchev–Trinajstić information content (AvgIpc) is 3.09. The molecule has 9 heteroatoms. The van der Waals surface area contributed by atoms with Crippen molar-refractivity contribution in [2.45, 2.75) is 19.4 Å². The lowest BCUT2D eigenvalue weighted by atomic mass is 10.1. The second-order valence-corrected chi connectivity index (χ2v) is 6.24. The molecule has 1 amide bonds. The lowest BCUT2D eigenvalue weighted by Crippen LogP contribution is -2.17. The van der Waals surface area contributed by atoms with Crippen LogP contribution in [-0.4, -0.2) is 27.3 Å². The molecule has 0 bridgehead atoms. The first kappa shape index (κ1) is 17.4. The second kappa shape index (κ2) is 6.50. The Morgan fingerprint density at radius 2 is 1.96 bits per heavy atom. The van der Waals surface area contributed by atoms with E-state index < -0.39 is 23.5 Å². The third-order valence-electron chi connectivity index (χ3n) is 3.92. The molecule has 0 saturated carbocycles. The van der Waals surface area contributed by atoms with Gasteiger partial charge in [0.15, 0.2) is 0 Å². The Bertz CT molecular complexity index is 923. The number of benzene rings is 1. The average molecular weight is 385 g/mol. The third-order valence-corrected chi connectivity index (χ3v) is 4.58. The molecule has 2 N–H and O–H groups in total. The van der Waals surface area contributed by atoms with E-state index in [1.54, 1.807) is 4.57 Å². The van der Waals surface area contributed by atoms with Gasteiger partial charge in [-0.3, -0.25) is 9.59 Å². The van der Waals surface area contributed by atoms with E-state index >= 15 is 0 Å². The number of anilines is 1. The summed E-state index contributed by atoms with van der Waals surface area (Å²) < 4.78 is 14.7. The number of hydrogen-bond donors (Lipinski definition) is 2. The number of carbonyl (C=O) groups is 3. The molecule has 0 fully saturated rings. The summed E-state index contributed by atoms with van der Waals surface area (Å²) in [6.45, 7) is 0.439. The molecule has 25 heavy (non-hydrogen) atoms. The van der Waals surface area contributed by atoms with Gasteiger partial charge in [0.1, 0.15) is 11.5 Å². The Kier molecular flexibility index (Phi) is 4.53. The van der Waals surface area contributed by atoms with Crippen molar-refractivity contribution in [3.05, 3.63) is 51.0 Å². The first-order chi connectivity index (χ1) is 11.8. The summed E-state index contributed by atoms with van der Waals surface area (Å²) in [4.78, 5) is 35.5. The number of hydrogen-bond acceptors (Lipinski definition) is 3. The predicted octanol–water partition coefficient (Wildman–Crippen LogP) is 3.40. The Morgan fingerprint density at radius 1 is 1.24 bits per heavy atom. The molecule has 0 radical (unpaired) electrons. The maximum absolute atomic E-state index is 13.2. The number of nitrogens with zero attached hydrogens (tertiary/aromatic N) is 1. The number of fused-ring (bicyclic) bond motifs is 1. The van der Waals surface area contributed by atoms with E-state index in [-0.39, 0.29) is 27.0 Å². The molecular weight excluding hydrogens is 374 g/mol. The topological polar surface area (TPSA) is 88.4 Å². The summed E-state index contributed by atoms with van der Waals surface area (Å²) in [5, 5.41) is 11.1. The van der Waals surface area contributed by atoms with Crippen LogP contribution in [0, 0.1) is 5.82 Å². The van der Waals surface area contributed by atoms with Crippen molar-refractivity contribution in [1.82, 2.24) is 4.57 Å². The van der Waals surface area contributed by atoms with Crippen molar-refractivity contribution in [2.24, 2.45) is 0 Å². The molecule has 0 saturated heterocycles. The van der Waals surface area contributed by atoms with Crippen LogP contribution in [-0.2, 0) is 17.8 Å². The minimum absolute atomic E-state index is 0.000728. The van der Waals surface area contributed by atoms with E-state index in [0.29, 0.717) is 25.1 Å². The summed E-state index contributed by atoms with van der Waals surface area (Å²) in [5.74, 6) is -4.06. The fourth-order valence-corrected chi connectivity index (χ4v) is 3.43. The van der Waals surface area contributed by atoms with Gasteiger partial charge >= 0.3 is 5.97 Å². The first-order valence-corrected chi connectivity index (χ1v) is 8.01. The van der Waals surface area contributed by atoms with Crippen LogP contribution in [0.15, 0.2) is 18.2 Å². The molecule has 1 aromatic heterocycles. The smallest absolute Gasteiger partial charge is 0.377 e. The van der Waals surface area contributed by atoms with Gasteiger partial charge in [0.2, 0.25) is 0 Å². The Balaban J connectivity index is 2.01. The minimum atomic E-state index is -1.64.